The summed E-state index contributed by atoms with van der Waals surface area (Å²) in [5, 5.41) is 9.68. The lowest BCUT2D eigenvalue weighted by atomic mass is 10.1. The molecule has 0 spiro atoms. The van der Waals surface area contributed by atoms with Crippen molar-refractivity contribution in [2.45, 2.75) is 20.8 Å². The van der Waals surface area contributed by atoms with Crippen LogP contribution in [0.15, 0.2) is 70.6 Å². The second-order valence-electron chi connectivity index (χ2n) is 7.49. The molecular formula is C24H23N7O2. The van der Waals surface area contributed by atoms with Crippen LogP contribution in [0.3, 0.4) is 0 Å². The molecule has 4 rings (SSSR count). The van der Waals surface area contributed by atoms with E-state index in [4.69, 9.17) is 10.3 Å². The van der Waals surface area contributed by atoms with Gasteiger partial charge < -0.3 is 20.9 Å². The summed E-state index contributed by atoms with van der Waals surface area (Å²) in [5.41, 5.74) is 11.2. The summed E-state index contributed by atoms with van der Waals surface area (Å²) in [6.45, 7) is 5.57. The summed E-state index contributed by atoms with van der Waals surface area (Å²) in [4.78, 5) is 26.0. The zero-order valence-electron chi connectivity index (χ0n) is 18.5. The predicted molar refractivity (Wildman–Crippen MR) is 128 cm³/mol. The Kier molecular flexibility index (Phi) is 6.12. The fourth-order valence-corrected chi connectivity index (χ4v) is 3.23. The van der Waals surface area contributed by atoms with Crippen molar-refractivity contribution in [1.29, 1.82) is 0 Å². The Hall–Kier alpha value is -4.53. The molecule has 0 radical (unpaired) electrons. The molecule has 166 valence electrons. The van der Waals surface area contributed by atoms with Crippen molar-refractivity contribution in [3.05, 3.63) is 83.5 Å². The molecule has 0 fully saturated rings. The van der Waals surface area contributed by atoms with Crippen LogP contribution in [0.4, 0.5) is 28.7 Å². The van der Waals surface area contributed by atoms with E-state index in [1.807, 2.05) is 45.0 Å². The van der Waals surface area contributed by atoms with Crippen molar-refractivity contribution >= 4 is 40.3 Å². The largest absolute Gasteiger partial charge is 0.399 e. The number of nitrogens with zero attached hydrogens (tertiary/aromatic N) is 4. The van der Waals surface area contributed by atoms with Gasteiger partial charge in [-0.25, -0.2) is 9.97 Å². The highest BCUT2D eigenvalue weighted by Gasteiger charge is 2.12. The van der Waals surface area contributed by atoms with Crippen LogP contribution in [-0.2, 0) is 0 Å². The van der Waals surface area contributed by atoms with Gasteiger partial charge in [0.05, 0.1) is 41.2 Å². The van der Waals surface area contributed by atoms with Crippen molar-refractivity contribution in [1.82, 2.24) is 15.1 Å². The first-order chi connectivity index (χ1) is 15.9. The van der Waals surface area contributed by atoms with Crippen LogP contribution >= 0.6 is 0 Å². The molecule has 4 aromatic rings. The van der Waals surface area contributed by atoms with Gasteiger partial charge in [0, 0.05) is 16.9 Å². The maximum Gasteiger partial charge on any atom is 0.256 e. The number of rotatable bonds is 6. The zero-order valence-corrected chi connectivity index (χ0v) is 18.5. The fourth-order valence-electron chi connectivity index (χ4n) is 3.23. The van der Waals surface area contributed by atoms with Gasteiger partial charge in [0.25, 0.3) is 5.91 Å². The minimum Gasteiger partial charge on any atom is -0.399 e. The Labute approximate surface area is 190 Å². The number of nitrogens with one attached hydrogen (secondary N) is 2. The highest BCUT2D eigenvalue weighted by molar-refractivity contribution is 6.06. The Morgan fingerprint density at radius 2 is 1.79 bits per heavy atom. The second-order valence-corrected chi connectivity index (χ2v) is 7.49. The van der Waals surface area contributed by atoms with Crippen molar-refractivity contribution in [2.24, 2.45) is 4.99 Å². The standard InChI is InChI=1S/C24H23N7O2/c1-14-7-8-19(29-15(2)22-13-28-33-16(22)3)10-21(14)23(32)30-20-11-26-24(27-12-20)31-18-6-4-5-17(25)9-18/h4-13H,25H2,1-3H3,(H,30,32)(H,26,27,31). The zero-order chi connectivity index (χ0) is 23.4. The van der Waals surface area contributed by atoms with E-state index in [0.717, 1.165) is 22.5 Å². The van der Waals surface area contributed by atoms with Gasteiger partial charge in [0.2, 0.25) is 5.95 Å². The van der Waals surface area contributed by atoms with E-state index in [-0.39, 0.29) is 5.91 Å². The van der Waals surface area contributed by atoms with Gasteiger partial charge in [-0.2, -0.15) is 0 Å². The Morgan fingerprint density at radius 1 is 1.00 bits per heavy atom. The number of benzene rings is 2. The van der Waals surface area contributed by atoms with Gasteiger partial charge in [-0.3, -0.25) is 9.79 Å². The van der Waals surface area contributed by atoms with E-state index in [1.54, 1.807) is 24.4 Å². The number of aliphatic imine (C=N–C) groups is 1. The predicted octanol–water partition coefficient (Wildman–Crippen LogP) is 4.80. The quantitative estimate of drug-likeness (QED) is 0.289. The monoisotopic (exact) mass is 441 g/mol. The van der Waals surface area contributed by atoms with E-state index in [1.165, 1.54) is 12.4 Å². The van der Waals surface area contributed by atoms with Crippen LogP contribution in [-0.4, -0.2) is 26.7 Å². The summed E-state index contributed by atoms with van der Waals surface area (Å²) in [6, 6.07) is 12.7. The van der Waals surface area contributed by atoms with Gasteiger partial charge in [-0.1, -0.05) is 17.3 Å². The topological polar surface area (TPSA) is 131 Å². The van der Waals surface area contributed by atoms with Crippen LogP contribution in [0, 0.1) is 13.8 Å². The van der Waals surface area contributed by atoms with Crippen molar-refractivity contribution < 1.29 is 9.32 Å². The summed E-state index contributed by atoms with van der Waals surface area (Å²) < 4.78 is 5.10. The minimum absolute atomic E-state index is 0.275. The fraction of sp³-hybridized carbons (Fsp3) is 0.125. The Bertz CT molecular complexity index is 1330. The molecule has 0 saturated heterocycles. The number of anilines is 4. The molecule has 2 heterocycles. The van der Waals surface area contributed by atoms with Crippen molar-refractivity contribution in [3.8, 4) is 0 Å². The van der Waals surface area contributed by atoms with Gasteiger partial charge in [0.15, 0.2) is 0 Å². The molecule has 0 saturated carbocycles. The minimum atomic E-state index is -0.275. The lowest BCUT2D eigenvalue weighted by molar-refractivity contribution is 0.102. The number of carbonyl (C=O) groups excluding carboxylic acids is 1. The normalized spacial score (nSPS) is 11.3. The highest BCUT2D eigenvalue weighted by Crippen LogP contribution is 2.22. The third kappa shape index (κ3) is 5.21. The summed E-state index contributed by atoms with van der Waals surface area (Å²) >= 11 is 0. The lowest BCUT2D eigenvalue weighted by Gasteiger charge is -2.10. The first kappa shape index (κ1) is 21.7. The van der Waals surface area contributed by atoms with Gasteiger partial charge in [-0.05, 0) is 56.7 Å². The third-order valence-electron chi connectivity index (χ3n) is 4.96. The molecule has 0 aliphatic rings. The van der Waals surface area contributed by atoms with Gasteiger partial charge in [-0.15, -0.1) is 0 Å². The third-order valence-corrected chi connectivity index (χ3v) is 4.96. The molecule has 0 aliphatic carbocycles. The van der Waals surface area contributed by atoms with Crippen LogP contribution in [0.25, 0.3) is 0 Å². The average molecular weight is 441 g/mol. The molecule has 0 unspecified atom stereocenters. The molecule has 0 aliphatic heterocycles. The van der Waals surface area contributed by atoms with Crippen molar-refractivity contribution in [2.75, 3.05) is 16.4 Å². The first-order valence-electron chi connectivity index (χ1n) is 10.2. The summed E-state index contributed by atoms with van der Waals surface area (Å²) in [6.07, 6.45) is 4.70. The van der Waals surface area contributed by atoms with Crippen LogP contribution in [0.1, 0.15) is 34.2 Å². The molecule has 1 amide bonds. The van der Waals surface area contributed by atoms with E-state index < -0.39 is 0 Å². The second kappa shape index (κ2) is 9.31. The molecule has 4 N–H and O–H groups in total. The Morgan fingerprint density at radius 3 is 2.48 bits per heavy atom. The number of carbonyl (C=O) groups is 1. The Balaban J connectivity index is 1.48. The lowest BCUT2D eigenvalue weighted by Crippen LogP contribution is -2.14. The summed E-state index contributed by atoms with van der Waals surface area (Å²) in [5.74, 6) is 0.809. The SMILES string of the molecule is CC(=Nc1ccc(C)c(C(=O)Nc2cnc(Nc3cccc(N)c3)nc2)c1)c1cnoc1C. The van der Waals surface area contributed by atoms with Crippen LogP contribution in [0.2, 0.25) is 0 Å². The molecule has 9 heteroatoms. The molecule has 2 aromatic carbocycles. The van der Waals surface area contributed by atoms with Crippen LogP contribution < -0.4 is 16.4 Å². The van der Waals surface area contributed by atoms with Gasteiger partial charge in [0.1, 0.15) is 5.76 Å². The molecule has 9 nitrogen and oxygen atoms in total. The molecular weight excluding hydrogens is 418 g/mol. The first-order valence-corrected chi connectivity index (χ1v) is 10.2. The molecule has 0 atom stereocenters. The number of hydrogen-bond acceptors (Lipinski definition) is 8. The molecule has 2 aromatic heterocycles. The highest BCUT2D eigenvalue weighted by atomic mass is 16.5. The molecule has 0 bridgehead atoms. The van der Waals surface area contributed by atoms with E-state index in [2.05, 4.69) is 30.8 Å². The van der Waals surface area contributed by atoms with E-state index in [0.29, 0.717) is 34.3 Å². The maximum absolute atomic E-state index is 12.9. The number of aromatic nitrogens is 3. The average Bonchev–Trinajstić information content (AvgIpc) is 3.22. The smallest absolute Gasteiger partial charge is 0.256 e. The number of nitrogens with two attached hydrogens (primary N) is 1. The maximum atomic E-state index is 12.9. The van der Waals surface area contributed by atoms with E-state index >= 15 is 0 Å². The van der Waals surface area contributed by atoms with Gasteiger partial charge >= 0.3 is 0 Å². The number of nitrogen functional groups attached to an aromatic ring is 1. The summed E-state index contributed by atoms with van der Waals surface area (Å²) in [7, 11) is 0. The number of aryl methyl sites for hydroxylation is 2. The van der Waals surface area contributed by atoms with Crippen LogP contribution in [0.5, 0.6) is 0 Å². The number of hydrogen-bond donors (Lipinski definition) is 3. The van der Waals surface area contributed by atoms with Crippen molar-refractivity contribution in [3.63, 3.8) is 0 Å². The van der Waals surface area contributed by atoms with E-state index in [9.17, 15) is 4.79 Å². The number of amides is 1. The molecule has 33 heavy (non-hydrogen) atoms.